The molecule has 6 heteroatoms. The summed E-state index contributed by atoms with van der Waals surface area (Å²) in [6.07, 6.45) is 2.31. The number of nitrogens with zero attached hydrogens (tertiary/aromatic N) is 1. The van der Waals surface area contributed by atoms with E-state index in [0.29, 0.717) is 0 Å². The van der Waals surface area contributed by atoms with Crippen LogP contribution in [0.1, 0.15) is 0 Å². The zero-order valence-corrected chi connectivity index (χ0v) is 5.95. The lowest BCUT2D eigenvalue weighted by molar-refractivity contribution is 0.210. The largest absolute Gasteiger partial charge is 0.537 e. The standard InChI is InChI=1S/C4H6NO4P/c1-2-3-8-10(6,7)9-4-5/h2H,1,3H2,(H,6,7). The Labute approximate surface area is 58.1 Å². The van der Waals surface area contributed by atoms with Crippen LogP contribution in [0.3, 0.4) is 0 Å². The Balaban J connectivity index is 3.77. The van der Waals surface area contributed by atoms with Crippen LogP contribution in [0.25, 0.3) is 0 Å². The van der Waals surface area contributed by atoms with Crippen LogP contribution in [0, 0.1) is 11.5 Å². The van der Waals surface area contributed by atoms with E-state index >= 15 is 0 Å². The molecule has 0 bridgehead atoms. The SMILES string of the molecule is C=CCOP(=O)(O)OC#N. The molecular weight excluding hydrogens is 157 g/mol. The van der Waals surface area contributed by atoms with Crippen LogP contribution in [-0.4, -0.2) is 11.5 Å². The van der Waals surface area contributed by atoms with Gasteiger partial charge in [0.05, 0.1) is 6.61 Å². The van der Waals surface area contributed by atoms with Gasteiger partial charge in [-0.15, -0.1) is 11.8 Å². The third-order valence-electron chi connectivity index (χ3n) is 0.512. The molecule has 5 nitrogen and oxygen atoms in total. The highest BCUT2D eigenvalue weighted by atomic mass is 31.2. The second kappa shape index (κ2) is 4.07. The third-order valence-corrected chi connectivity index (χ3v) is 1.30. The Morgan fingerprint density at radius 3 is 2.90 bits per heavy atom. The average Bonchev–Trinajstić information content (AvgIpc) is 1.84. The lowest BCUT2D eigenvalue weighted by atomic mass is 10.7. The van der Waals surface area contributed by atoms with E-state index < -0.39 is 7.82 Å². The van der Waals surface area contributed by atoms with Crippen molar-refractivity contribution in [1.29, 1.82) is 5.26 Å². The maximum absolute atomic E-state index is 10.4. The highest BCUT2D eigenvalue weighted by Crippen LogP contribution is 2.42. The van der Waals surface area contributed by atoms with Crippen molar-refractivity contribution >= 4 is 7.82 Å². The molecular formula is C4H6NO4P. The van der Waals surface area contributed by atoms with Gasteiger partial charge < -0.3 is 4.52 Å². The molecule has 0 aromatic rings. The minimum absolute atomic E-state index is 0.130. The third kappa shape index (κ3) is 4.10. The first-order chi connectivity index (χ1) is 4.62. The smallest absolute Gasteiger partial charge is 0.328 e. The predicted molar refractivity (Wildman–Crippen MR) is 32.7 cm³/mol. The maximum Gasteiger partial charge on any atom is 0.537 e. The topological polar surface area (TPSA) is 79.6 Å². The van der Waals surface area contributed by atoms with E-state index in [2.05, 4.69) is 15.6 Å². The summed E-state index contributed by atoms with van der Waals surface area (Å²) >= 11 is 0. The molecule has 1 unspecified atom stereocenters. The molecule has 0 amide bonds. The molecule has 0 aliphatic heterocycles. The zero-order valence-electron chi connectivity index (χ0n) is 5.06. The summed E-state index contributed by atoms with van der Waals surface area (Å²) in [5, 5.41) is 7.79. The number of rotatable bonds is 4. The van der Waals surface area contributed by atoms with Crippen molar-refractivity contribution in [2.45, 2.75) is 0 Å². The normalized spacial score (nSPS) is 14.8. The quantitative estimate of drug-likeness (QED) is 0.376. The van der Waals surface area contributed by atoms with Gasteiger partial charge in [0.15, 0.2) is 0 Å². The minimum atomic E-state index is -4.14. The highest BCUT2D eigenvalue weighted by molar-refractivity contribution is 7.47. The number of phosphoric acid groups is 1. The first-order valence-electron chi connectivity index (χ1n) is 2.28. The van der Waals surface area contributed by atoms with Gasteiger partial charge in [-0.2, -0.15) is 0 Å². The fraction of sp³-hybridized carbons (Fsp3) is 0.250. The molecule has 0 saturated carbocycles. The molecule has 0 aromatic heterocycles. The van der Waals surface area contributed by atoms with Crippen molar-refractivity contribution in [2.75, 3.05) is 6.61 Å². The molecule has 0 heterocycles. The summed E-state index contributed by atoms with van der Waals surface area (Å²) in [6.45, 7) is 3.10. The second-order valence-corrected chi connectivity index (χ2v) is 2.61. The number of phosphoric ester groups is 1. The average molecular weight is 163 g/mol. The van der Waals surface area contributed by atoms with Gasteiger partial charge >= 0.3 is 7.82 Å². The summed E-state index contributed by atoms with van der Waals surface area (Å²) in [5.41, 5.74) is 0. The summed E-state index contributed by atoms with van der Waals surface area (Å²) in [7, 11) is -4.14. The molecule has 0 spiro atoms. The highest BCUT2D eigenvalue weighted by Gasteiger charge is 2.20. The molecule has 0 saturated heterocycles. The molecule has 1 N–H and O–H groups in total. The fourth-order valence-corrected chi connectivity index (χ4v) is 0.675. The van der Waals surface area contributed by atoms with E-state index in [9.17, 15) is 4.57 Å². The second-order valence-electron chi connectivity index (χ2n) is 1.24. The van der Waals surface area contributed by atoms with E-state index in [0.717, 1.165) is 6.26 Å². The Kier molecular flexibility index (Phi) is 3.74. The first-order valence-corrected chi connectivity index (χ1v) is 3.78. The molecule has 0 aliphatic carbocycles. The lowest BCUT2D eigenvalue weighted by Gasteiger charge is -2.03. The Hall–Kier alpha value is -0.820. The van der Waals surface area contributed by atoms with Gasteiger partial charge in [0.25, 0.3) is 6.26 Å². The summed E-state index contributed by atoms with van der Waals surface area (Å²) in [5.74, 6) is 0. The van der Waals surface area contributed by atoms with Crippen LogP contribution >= 0.6 is 7.82 Å². The zero-order chi connectivity index (χ0) is 8.04. The molecule has 1 atom stereocenters. The van der Waals surface area contributed by atoms with Gasteiger partial charge in [0.2, 0.25) is 0 Å². The van der Waals surface area contributed by atoms with Crippen molar-refractivity contribution in [3.05, 3.63) is 12.7 Å². The molecule has 0 rings (SSSR count). The van der Waals surface area contributed by atoms with Crippen LogP contribution in [0.5, 0.6) is 0 Å². The van der Waals surface area contributed by atoms with E-state index in [1.54, 1.807) is 0 Å². The lowest BCUT2D eigenvalue weighted by Crippen LogP contribution is -1.89. The Morgan fingerprint density at radius 2 is 2.50 bits per heavy atom. The molecule has 0 aliphatic rings. The van der Waals surface area contributed by atoms with Gasteiger partial charge in [-0.05, 0) is 0 Å². The number of hydrogen-bond donors (Lipinski definition) is 1. The summed E-state index contributed by atoms with van der Waals surface area (Å²) in [4.78, 5) is 8.49. The van der Waals surface area contributed by atoms with Crippen molar-refractivity contribution < 1.29 is 18.5 Å². The number of hydrogen-bond acceptors (Lipinski definition) is 4. The molecule has 10 heavy (non-hydrogen) atoms. The van der Waals surface area contributed by atoms with Gasteiger partial charge in [-0.1, -0.05) is 6.08 Å². The van der Waals surface area contributed by atoms with Gasteiger partial charge in [0.1, 0.15) is 0 Å². The Morgan fingerprint density at radius 1 is 1.90 bits per heavy atom. The molecule has 56 valence electrons. The van der Waals surface area contributed by atoms with Crippen LogP contribution in [0.4, 0.5) is 0 Å². The summed E-state index contributed by atoms with van der Waals surface area (Å²) in [6, 6.07) is 0. The van der Waals surface area contributed by atoms with E-state index in [1.807, 2.05) is 0 Å². The van der Waals surface area contributed by atoms with E-state index in [4.69, 9.17) is 10.2 Å². The van der Waals surface area contributed by atoms with Crippen LogP contribution in [0.2, 0.25) is 0 Å². The van der Waals surface area contributed by atoms with Gasteiger partial charge in [-0.3, -0.25) is 9.42 Å². The van der Waals surface area contributed by atoms with Crippen molar-refractivity contribution in [1.82, 2.24) is 0 Å². The van der Waals surface area contributed by atoms with E-state index in [1.165, 1.54) is 6.08 Å². The molecule has 0 aromatic carbocycles. The maximum atomic E-state index is 10.4. The summed E-state index contributed by atoms with van der Waals surface area (Å²) < 4.78 is 18.3. The van der Waals surface area contributed by atoms with Crippen molar-refractivity contribution in [2.24, 2.45) is 0 Å². The van der Waals surface area contributed by atoms with Crippen molar-refractivity contribution in [3.63, 3.8) is 0 Å². The van der Waals surface area contributed by atoms with Crippen molar-refractivity contribution in [3.8, 4) is 6.26 Å². The fourth-order valence-electron chi connectivity index (χ4n) is 0.225. The predicted octanol–water partition coefficient (Wildman–Crippen LogP) is 0.787. The number of nitriles is 1. The monoisotopic (exact) mass is 163 g/mol. The van der Waals surface area contributed by atoms with Crippen LogP contribution < -0.4 is 0 Å². The van der Waals surface area contributed by atoms with Gasteiger partial charge in [-0.25, -0.2) is 4.57 Å². The first kappa shape index (κ1) is 9.18. The minimum Gasteiger partial charge on any atom is -0.328 e. The molecule has 0 radical (unpaired) electrons. The van der Waals surface area contributed by atoms with Gasteiger partial charge in [0, 0.05) is 0 Å². The Bertz CT molecular complexity index is 196. The van der Waals surface area contributed by atoms with Crippen LogP contribution in [0.15, 0.2) is 12.7 Å². The molecule has 0 fully saturated rings. The van der Waals surface area contributed by atoms with E-state index in [-0.39, 0.29) is 6.61 Å². The van der Waals surface area contributed by atoms with Crippen LogP contribution in [-0.2, 0) is 13.6 Å².